The van der Waals surface area contributed by atoms with E-state index < -0.39 is 173 Å². The first-order chi connectivity index (χ1) is 26.3. The third-order valence-electron chi connectivity index (χ3n) is 10.6. The highest BCUT2D eigenvalue weighted by atomic mass is 16.8. The summed E-state index contributed by atoms with van der Waals surface area (Å²) >= 11 is 0. The molecule has 24 heteroatoms. The van der Waals surface area contributed by atoms with Crippen LogP contribution in [0, 0.1) is 0 Å². The molecule has 14 N–H and O–H groups in total. The number of hydrogen-bond donors (Lipinski definition) is 14. The van der Waals surface area contributed by atoms with Gasteiger partial charge in [0.1, 0.15) is 104 Å². The van der Waals surface area contributed by atoms with Crippen LogP contribution in [0.15, 0.2) is 0 Å². The Morgan fingerprint density at radius 3 is 1.41 bits per heavy atom. The maximum atomic E-state index is 12.0. The zero-order valence-electron chi connectivity index (χ0n) is 30.7. The minimum absolute atomic E-state index is 0.697. The molecule has 0 bridgehead atoms. The second-order valence-corrected chi connectivity index (χ2v) is 14.6. The fourth-order valence-corrected chi connectivity index (χ4v) is 7.25. The predicted molar refractivity (Wildman–Crippen MR) is 174 cm³/mol. The molecule has 5 fully saturated rings. The van der Waals surface area contributed by atoms with E-state index >= 15 is 0 Å². The number of aliphatic hydroxyl groups is 13. The number of hydrogen-bond acceptors (Lipinski definition) is 23. The maximum absolute atomic E-state index is 12.0. The van der Waals surface area contributed by atoms with Crippen molar-refractivity contribution >= 4 is 5.91 Å². The summed E-state index contributed by atoms with van der Waals surface area (Å²) in [5.41, 5.74) is 0. The van der Waals surface area contributed by atoms with Crippen LogP contribution in [-0.4, -0.2) is 239 Å². The number of nitrogens with one attached hydrogen (secondary N) is 1. The molecule has 1 amide bonds. The highest BCUT2D eigenvalue weighted by Crippen LogP contribution is 2.36. The first-order valence-corrected chi connectivity index (χ1v) is 18.2. The van der Waals surface area contributed by atoms with Crippen LogP contribution in [0.3, 0.4) is 0 Å². The Kier molecular flexibility index (Phi) is 15.4. The lowest BCUT2D eigenvalue weighted by molar-refractivity contribution is -0.402. The van der Waals surface area contributed by atoms with Gasteiger partial charge < -0.3 is 114 Å². The number of carbonyl (C=O) groups is 1. The molecule has 0 aromatic rings. The molecule has 0 aromatic heterocycles. The summed E-state index contributed by atoms with van der Waals surface area (Å²) in [5.74, 6) is -0.697. The van der Waals surface area contributed by atoms with Crippen molar-refractivity contribution in [2.75, 3.05) is 13.2 Å². The molecule has 0 radical (unpaired) electrons. The van der Waals surface area contributed by atoms with Crippen LogP contribution in [0.2, 0.25) is 0 Å². The second kappa shape index (κ2) is 18.9. The van der Waals surface area contributed by atoms with Crippen LogP contribution in [-0.2, 0) is 47.4 Å². The normalized spacial score (nSPS) is 53.1. The fraction of sp³-hybridized carbons (Fsp3) is 0.969. The molecule has 0 unspecified atom stereocenters. The maximum Gasteiger partial charge on any atom is 0.217 e. The SMILES string of the molecule is CC(=O)N[C@H]1[C@H](O[C@H]2[C@H](O[C@H]3[C@H](O[C@H]4[C@@H](O)[C@@H](O)O[C@@H](C)[C@@H]4O[C@H]4O[C@H](CO)[C@@H](O)[C@H](O)[C@H]4O)O[C@@H](C)[C@H](O)[C@H]3O)O[C@@H](C)[C@H](O)[C@H]2O)O[C@H](CO)[C@@H](O)[C@@H]1O. The number of ether oxygens (including phenoxy) is 9. The van der Waals surface area contributed by atoms with E-state index in [2.05, 4.69) is 5.32 Å². The highest BCUT2D eigenvalue weighted by molar-refractivity contribution is 5.73. The molecule has 0 aromatic carbocycles. The van der Waals surface area contributed by atoms with Gasteiger partial charge in [0.05, 0.1) is 31.5 Å². The van der Waals surface area contributed by atoms with Crippen molar-refractivity contribution in [3.05, 3.63) is 0 Å². The van der Waals surface area contributed by atoms with E-state index in [1.807, 2.05) is 0 Å². The molecule has 5 saturated heterocycles. The third kappa shape index (κ3) is 9.31. The van der Waals surface area contributed by atoms with Gasteiger partial charge in [-0.05, 0) is 20.8 Å². The Balaban J connectivity index is 1.43. The van der Waals surface area contributed by atoms with Gasteiger partial charge in [0.25, 0.3) is 0 Å². The summed E-state index contributed by atoms with van der Waals surface area (Å²) in [6, 6.07) is -1.51. The molecular formula is C32H55NO23. The molecule has 24 nitrogen and oxygen atoms in total. The van der Waals surface area contributed by atoms with Gasteiger partial charge in [0.2, 0.25) is 5.91 Å². The topological polar surface area (TPSA) is 375 Å². The van der Waals surface area contributed by atoms with E-state index in [-0.39, 0.29) is 0 Å². The quantitative estimate of drug-likeness (QED) is 0.0920. The Morgan fingerprint density at radius 1 is 0.464 bits per heavy atom. The van der Waals surface area contributed by atoms with Gasteiger partial charge in [-0.3, -0.25) is 4.79 Å². The molecule has 25 atom stereocenters. The van der Waals surface area contributed by atoms with E-state index in [4.69, 9.17) is 42.6 Å². The lowest BCUT2D eigenvalue weighted by atomic mass is 9.95. The summed E-state index contributed by atoms with van der Waals surface area (Å²) in [4.78, 5) is 12.0. The minimum atomic E-state index is -1.96. The zero-order chi connectivity index (χ0) is 41.5. The van der Waals surface area contributed by atoms with Crippen molar-refractivity contribution in [3.63, 3.8) is 0 Å². The molecule has 0 spiro atoms. The Bertz CT molecular complexity index is 1270. The molecule has 326 valence electrons. The van der Waals surface area contributed by atoms with Gasteiger partial charge in [-0.15, -0.1) is 0 Å². The van der Waals surface area contributed by atoms with Gasteiger partial charge in [0.15, 0.2) is 31.5 Å². The summed E-state index contributed by atoms with van der Waals surface area (Å²) in [5, 5.41) is 140. The van der Waals surface area contributed by atoms with Crippen molar-refractivity contribution in [1.29, 1.82) is 0 Å². The Hall–Kier alpha value is -1.41. The average Bonchev–Trinajstić information content (AvgIpc) is 3.15. The fourth-order valence-electron chi connectivity index (χ4n) is 7.25. The molecule has 5 aliphatic rings. The van der Waals surface area contributed by atoms with Gasteiger partial charge in [-0.1, -0.05) is 0 Å². The first-order valence-electron chi connectivity index (χ1n) is 18.2. The lowest BCUT2D eigenvalue weighted by Gasteiger charge is -2.50. The summed E-state index contributed by atoms with van der Waals surface area (Å²) in [7, 11) is 0. The van der Waals surface area contributed by atoms with E-state index in [1.165, 1.54) is 20.8 Å². The molecule has 5 aliphatic heterocycles. The third-order valence-corrected chi connectivity index (χ3v) is 10.6. The van der Waals surface area contributed by atoms with Crippen molar-refractivity contribution in [3.8, 4) is 0 Å². The Morgan fingerprint density at radius 2 is 0.911 bits per heavy atom. The van der Waals surface area contributed by atoms with Gasteiger partial charge >= 0.3 is 0 Å². The van der Waals surface area contributed by atoms with Crippen LogP contribution in [0.1, 0.15) is 27.7 Å². The largest absolute Gasteiger partial charge is 0.394 e. The van der Waals surface area contributed by atoms with E-state index in [0.717, 1.165) is 6.92 Å². The van der Waals surface area contributed by atoms with Gasteiger partial charge in [-0.25, -0.2) is 0 Å². The molecular weight excluding hydrogens is 766 g/mol. The standard InChI is InChI=1S/C32H55NO23/c1-7-15(38)21(44)27(31(49-7)54-25-23(46)28(47)48-9(3)24(25)53-30-22(45)19(42)17(40)12(6-35)52-30)56-32-26(20(43)14(37)8(2)50-32)55-29-13(33-10(4)36)18(41)16(39)11(5-34)51-29/h7-9,11-32,34-35,37-47H,5-6H2,1-4H3,(H,33,36)/t7-,8-,9-,11+,12+,13+,14-,15-,16+,17+,18+,19-,20+,21+,22+,23+,24-,25-,26+,27+,28-,29-,30+,31-,32-/m0/s1. The average molecular weight is 822 g/mol. The minimum Gasteiger partial charge on any atom is -0.394 e. The smallest absolute Gasteiger partial charge is 0.217 e. The molecule has 0 aliphatic carbocycles. The van der Waals surface area contributed by atoms with Gasteiger partial charge in [-0.2, -0.15) is 0 Å². The molecule has 0 saturated carbocycles. The number of aliphatic hydroxyl groups excluding tert-OH is 13. The lowest BCUT2D eigenvalue weighted by Crippen LogP contribution is -2.68. The van der Waals surface area contributed by atoms with Crippen LogP contribution < -0.4 is 5.32 Å². The zero-order valence-corrected chi connectivity index (χ0v) is 30.7. The van der Waals surface area contributed by atoms with Crippen molar-refractivity contribution < 1.29 is 114 Å². The van der Waals surface area contributed by atoms with Crippen molar-refractivity contribution in [2.24, 2.45) is 0 Å². The summed E-state index contributed by atoms with van der Waals surface area (Å²) < 4.78 is 52.0. The van der Waals surface area contributed by atoms with Crippen LogP contribution >= 0.6 is 0 Å². The predicted octanol–water partition coefficient (Wildman–Crippen LogP) is -8.70. The van der Waals surface area contributed by atoms with E-state index in [0.29, 0.717) is 0 Å². The van der Waals surface area contributed by atoms with Crippen molar-refractivity contribution in [2.45, 2.75) is 181 Å². The van der Waals surface area contributed by atoms with E-state index in [9.17, 15) is 71.2 Å². The van der Waals surface area contributed by atoms with Crippen LogP contribution in [0.5, 0.6) is 0 Å². The number of carbonyl (C=O) groups excluding carboxylic acids is 1. The number of amides is 1. The van der Waals surface area contributed by atoms with E-state index in [1.54, 1.807) is 0 Å². The monoisotopic (exact) mass is 821 g/mol. The molecule has 5 rings (SSSR count). The van der Waals surface area contributed by atoms with Gasteiger partial charge in [0, 0.05) is 6.92 Å². The molecule has 56 heavy (non-hydrogen) atoms. The summed E-state index contributed by atoms with van der Waals surface area (Å²) in [6.45, 7) is 3.56. The highest BCUT2D eigenvalue weighted by Gasteiger charge is 2.56. The Labute approximate surface area is 319 Å². The molecule has 5 heterocycles. The van der Waals surface area contributed by atoms with Crippen LogP contribution in [0.25, 0.3) is 0 Å². The first kappa shape index (κ1) is 45.7. The number of rotatable bonds is 11. The van der Waals surface area contributed by atoms with Crippen molar-refractivity contribution in [1.82, 2.24) is 5.32 Å². The van der Waals surface area contributed by atoms with Crippen LogP contribution in [0.4, 0.5) is 0 Å². The second-order valence-electron chi connectivity index (χ2n) is 14.6. The summed E-state index contributed by atoms with van der Waals surface area (Å²) in [6.07, 6.45) is -40.4.